The molecule has 0 spiro atoms. The number of guanidine groups is 1. The van der Waals surface area contributed by atoms with E-state index in [0.29, 0.717) is 5.96 Å². The molecule has 0 aliphatic rings. The highest BCUT2D eigenvalue weighted by molar-refractivity contribution is 5.77. The molecule has 5 nitrogen and oxygen atoms in total. The topological polar surface area (TPSA) is 90.9 Å². The van der Waals surface area contributed by atoms with E-state index in [-0.39, 0.29) is 13.2 Å². The van der Waals surface area contributed by atoms with Gasteiger partial charge in [-0.25, -0.2) is 0 Å². The lowest BCUT2D eigenvalue weighted by Crippen LogP contribution is -2.32. The first-order valence-electron chi connectivity index (χ1n) is 6.06. The Balaban J connectivity index is 3.27. The maximum absolute atomic E-state index is 8.58. The Bertz CT molecular complexity index is 175. The Morgan fingerprint density at radius 2 is 1.56 bits per heavy atom. The summed E-state index contributed by atoms with van der Waals surface area (Å²) in [6, 6.07) is 0. The average molecular weight is 231 g/mol. The molecule has 0 rings (SSSR count). The molecule has 0 atom stereocenters. The predicted octanol–water partition coefficient (Wildman–Crippen LogP) is 0.216. The van der Waals surface area contributed by atoms with Crippen LogP contribution in [0.2, 0.25) is 0 Å². The van der Waals surface area contributed by atoms with Gasteiger partial charge in [0, 0.05) is 26.3 Å². The van der Waals surface area contributed by atoms with E-state index < -0.39 is 0 Å². The summed E-state index contributed by atoms with van der Waals surface area (Å²) >= 11 is 0. The van der Waals surface area contributed by atoms with Crippen LogP contribution in [0.25, 0.3) is 0 Å². The van der Waals surface area contributed by atoms with Gasteiger partial charge in [0.2, 0.25) is 0 Å². The van der Waals surface area contributed by atoms with Gasteiger partial charge in [0.05, 0.1) is 0 Å². The second-order valence-corrected chi connectivity index (χ2v) is 3.76. The lowest BCUT2D eigenvalue weighted by molar-refractivity contribution is 0.283. The molecular weight excluding hydrogens is 206 g/mol. The summed E-state index contributed by atoms with van der Waals surface area (Å²) in [7, 11) is 0. The zero-order valence-electron chi connectivity index (χ0n) is 9.99. The van der Waals surface area contributed by atoms with E-state index in [1.54, 1.807) is 0 Å². The monoisotopic (exact) mass is 231 g/mol. The largest absolute Gasteiger partial charge is 0.396 e. The number of unbranched alkanes of at least 4 members (excludes halogenated alkanes) is 4. The van der Waals surface area contributed by atoms with Crippen molar-refractivity contribution in [2.45, 2.75) is 38.5 Å². The van der Waals surface area contributed by atoms with Crippen molar-refractivity contribution >= 4 is 5.96 Å². The normalized spacial score (nSPS) is 11.8. The van der Waals surface area contributed by atoms with E-state index in [9.17, 15) is 0 Å². The maximum atomic E-state index is 8.58. The Morgan fingerprint density at radius 3 is 2.19 bits per heavy atom. The van der Waals surface area contributed by atoms with Gasteiger partial charge in [-0.1, -0.05) is 0 Å². The number of aliphatic hydroxyl groups is 2. The molecule has 16 heavy (non-hydrogen) atoms. The van der Waals surface area contributed by atoms with E-state index in [4.69, 9.17) is 15.9 Å². The van der Waals surface area contributed by atoms with Gasteiger partial charge in [-0.05, 0) is 38.5 Å². The Morgan fingerprint density at radius 1 is 0.938 bits per heavy atom. The number of hydrogen-bond acceptors (Lipinski definition) is 3. The highest BCUT2D eigenvalue weighted by Gasteiger charge is 1.92. The summed E-state index contributed by atoms with van der Waals surface area (Å²) in [4.78, 5) is 4.17. The fourth-order valence-electron chi connectivity index (χ4n) is 1.29. The van der Waals surface area contributed by atoms with Gasteiger partial charge in [-0.3, -0.25) is 4.99 Å². The van der Waals surface area contributed by atoms with E-state index in [0.717, 1.165) is 51.6 Å². The summed E-state index contributed by atoms with van der Waals surface area (Å²) in [5.74, 6) is 0.494. The van der Waals surface area contributed by atoms with E-state index in [2.05, 4.69) is 10.3 Å². The van der Waals surface area contributed by atoms with Crippen LogP contribution >= 0.6 is 0 Å². The quantitative estimate of drug-likeness (QED) is 0.246. The van der Waals surface area contributed by atoms with Gasteiger partial charge in [-0.15, -0.1) is 0 Å². The zero-order chi connectivity index (χ0) is 12.1. The minimum Gasteiger partial charge on any atom is -0.396 e. The number of nitrogens with two attached hydrogens (primary N) is 1. The van der Waals surface area contributed by atoms with Gasteiger partial charge < -0.3 is 21.3 Å². The molecule has 0 aliphatic carbocycles. The smallest absolute Gasteiger partial charge is 0.188 e. The molecule has 0 aromatic heterocycles. The lowest BCUT2D eigenvalue weighted by atomic mass is 10.2. The summed E-state index contributed by atoms with van der Waals surface area (Å²) in [5, 5.41) is 20.2. The molecule has 0 saturated heterocycles. The molecule has 0 radical (unpaired) electrons. The third-order valence-electron chi connectivity index (χ3n) is 2.24. The minimum atomic E-state index is 0.252. The number of aliphatic hydroxyl groups excluding tert-OH is 2. The van der Waals surface area contributed by atoms with Crippen LogP contribution < -0.4 is 11.1 Å². The van der Waals surface area contributed by atoms with Crippen molar-refractivity contribution in [3.63, 3.8) is 0 Å². The highest BCUT2D eigenvalue weighted by Crippen LogP contribution is 1.94. The first kappa shape index (κ1) is 15.2. The fraction of sp³-hybridized carbons (Fsp3) is 0.909. The number of nitrogens with one attached hydrogen (secondary N) is 1. The van der Waals surface area contributed by atoms with Crippen LogP contribution in [0.3, 0.4) is 0 Å². The predicted molar refractivity (Wildman–Crippen MR) is 66.4 cm³/mol. The van der Waals surface area contributed by atoms with Crippen LogP contribution in [-0.4, -0.2) is 42.5 Å². The summed E-state index contributed by atoms with van der Waals surface area (Å²) in [6.45, 7) is 2.04. The van der Waals surface area contributed by atoms with Crippen molar-refractivity contribution in [1.29, 1.82) is 0 Å². The highest BCUT2D eigenvalue weighted by atomic mass is 16.3. The van der Waals surface area contributed by atoms with Crippen molar-refractivity contribution in [1.82, 2.24) is 5.32 Å². The molecule has 0 amide bonds. The minimum absolute atomic E-state index is 0.252. The van der Waals surface area contributed by atoms with Crippen molar-refractivity contribution in [2.24, 2.45) is 10.7 Å². The Kier molecular flexibility index (Phi) is 11.6. The molecular formula is C11H25N3O2. The summed E-state index contributed by atoms with van der Waals surface area (Å²) in [5.41, 5.74) is 5.64. The van der Waals surface area contributed by atoms with E-state index in [1.165, 1.54) is 0 Å². The number of rotatable bonds is 10. The van der Waals surface area contributed by atoms with Crippen molar-refractivity contribution in [2.75, 3.05) is 26.3 Å². The molecule has 0 unspecified atom stereocenters. The van der Waals surface area contributed by atoms with Gasteiger partial charge >= 0.3 is 0 Å². The van der Waals surface area contributed by atoms with Gasteiger partial charge in [0.15, 0.2) is 5.96 Å². The number of hydrogen-bond donors (Lipinski definition) is 4. The third kappa shape index (κ3) is 11.3. The SMILES string of the molecule is NC(=NCCCCCO)NCCCCCO. The average Bonchev–Trinajstić information content (AvgIpc) is 2.28. The number of aliphatic imine (C=N–C) groups is 1. The third-order valence-corrected chi connectivity index (χ3v) is 2.24. The molecule has 5 heteroatoms. The molecule has 0 saturated carbocycles. The summed E-state index contributed by atoms with van der Waals surface area (Å²) in [6.07, 6.45) is 5.65. The van der Waals surface area contributed by atoms with E-state index >= 15 is 0 Å². The van der Waals surface area contributed by atoms with Crippen molar-refractivity contribution in [3.05, 3.63) is 0 Å². The first-order valence-corrected chi connectivity index (χ1v) is 6.06. The van der Waals surface area contributed by atoms with Crippen LogP contribution in [0.5, 0.6) is 0 Å². The molecule has 0 aromatic rings. The van der Waals surface area contributed by atoms with E-state index in [1.807, 2.05) is 0 Å². The standard InChI is InChI=1S/C11H25N3O2/c12-11(13-7-3-1-5-9-15)14-8-4-2-6-10-16/h15-16H,1-10H2,(H3,12,13,14). The lowest BCUT2D eigenvalue weighted by Gasteiger charge is -2.04. The van der Waals surface area contributed by atoms with Crippen molar-refractivity contribution < 1.29 is 10.2 Å². The Hall–Kier alpha value is -0.810. The van der Waals surface area contributed by atoms with Crippen LogP contribution in [0.1, 0.15) is 38.5 Å². The second kappa shape index (κ2) is 12.3. The van der Waals surface area contributed by atoms with Crippen molar-refractivity contribution in [3.8, 4) is 0 Å². The molecule has 0 aliphatic heterocycles. The molecule has 96 valence electrons. The van der Waals surface area contributed by atoms with Crippen LogP contribution in [0, 0.1) is 0 Å². The summed E-state index contributed by atoms with van der Waals surface area (Å²) < 4.78 is 0. The molecule has 0 heterocycles. The molecule has 0 bridgehead atoms. The Labute approximate surface area is 97.8 Å². The fourth-order valence-corrected chi connectivity index (χ4v) is 1.29. The van der Waals surface area contributed by atoms with Gasteiger partial charge in [0.25, 0.3) is 0 Å². The van der Waals surface area contributed by atoms with Crippen LogP contribution in [-0.2, 0) is 0 Å². The number of nitrogens with zero attached hydrogens (tertiary/aromatic N) is 1. The molecule has 0 fully saturated rings. The molecule has 5 N–H and O–H groups in total. The van der Waals surface area contributed by atoms with Gasteiger partial charge in [0.1, 0.15) is 0 Å². The maximum Gasteiger partial charge on any atom is 0.188 e. The second-order valence-electron chi connectivity index (χ2n) is 3.76. The first-order chi connectivity index (χ1) is 7.81. The van der Waals surface area contributed by atoms with Crippen LogP contribution in [0.4, 0.5) is 0 Å². The zero-order valence-corrected chi connectivity index (χ0v) is 9.99. The van der Waals surface area contributed by atoms with Crippen LogP contribution in [0.15, 0.2) is 4.99 Å². The van der Waals surface area contributed by atoms with Gasteiger partial charge in [-0.2, -0.15) is 0 Å². The molecule has 0 aromatic carbocycles.